The van der Waals surface area contributed by atoms with Gasteiger partial charge < -0.3 is 24.3 Å². The maximum atomic E-state index is 12.0. The first kappa shape index (κ1) is 13.7. The van der Waals surface area contributed by atoms with Crippen molar-refractivity contribution >= 4 is 11.7 Å². The number of H-pyrrole nitrogens is 1. The lowest BCUT2D eigenvalue weighted by Crippen LogP contribution is -2.23. The van der Waals surface area contributed by atoms with Crippen molar-refractivity contribution in [3.05, 3.63) is 23.4 Å². The van der Waals surface area contributed by atoms with E-state index >= 15 is 0 Å². The summed E-state index contributed by atoms with van der Waals surface area (Å²) in [6, 6.07) is 1.83. The molecule has 2 N–H and O–H groups in total. The van der Waals surface area contributed by atoms with Crippen LogP contribution in [0.25, 0.3) is 0 Å². The Morgan fingerprint density at radius 3 is 2.83 bits per heavy atom. The zero-order valence-corrected chi connectivity index (χ0v) is 12.6. The highest BCUT2D eigenvalue weighted by Gasteiger charge is 2.35. The predicted octanol–water partition coefficient (Wildman–Crippen LogP) is 1.63. The first-order valence-electron chi connectivity index (χ1n) is 7.10. The number of aromatic nitrogens is 2. The number of benzene rings is 1. The Morgan fingerprint density at radius 2 is 2.04 bits per heavy atom. The second kappa shape index (κ2) is 5.08. The minimum Gasteiger partial charge on any atom is -0.493 e. The molecule has 8 nitrogen and oxygen atoms in total. The fourth-order valence-corrected chi connectivity index (χ4v) is 3.08. The van der Waals surface area contributed by atoms with Crippen molar-refractivity contribution in [3.63, 3.8) is 0 Å². The number of ether oxygens (including phenoxy) is 4. The quantitative estimate of drug-likeness (QED) is 0.893. The molecular formula is C15H15N3O5. The van der Waals surface area contributed by atoms with Gasteiger partial charge in [0.25, 0.3) is 0 Å². The van der Waals surface area contributed by atoms with Crippen LogP contribution in [0.15, 0.2) is 12.3 Å². The summed E-state index contributed by atoms with van der Waals surface area (Å²) in [5.41, 5.74) is 1.69. The number of methoxy groups -OCH3 is 2. The maximum absolute atomic E-state index is 12.0. The van der Waals surface area contributed by atoms with Gasteiger partial charge in [-0.25, -0.2) is 0 Å². The normalized spacial score (nSPS) is 18.3. The van der Waals surface area contributed by atoms with Crippen molar-refractivity contribution < 1.29 is 23.7 Å². The van der Waals surface area contributed by atoms with E-state index in [9.17, 15) is 4.79 Å². The number of nitrogens with one attached hydrogen (secondary N) is 2. The standard InChI is InChI=1S/C15H15N3O5/c1-20-10-3-8(12(21-2)14-13(10)22-6-23-14)7-4-11(19)17-15-9(7)5-16-18-15/h3,5,7H,4,6H2,1-2H3,(H2,16,17,18,19)/t7-/m0/s1. The summed E-state index contributed by atoms with van der Waals surface area (Å²) in [4.78, 5) is 12.0. The monoisotopic (exact) mass is 317 g/mol. The Balaban J connectivity index is 1.91. The summed E-state index contributed by atoms with van der Waals surface area (Å²) in [6.45, 7) is 0.105. The van der Waals surface area contributed by atoms with Crippen molar-refractivity contribution in [3.8, 4) is 23.0 Å². The van der Waals surface area contributed by atoms with E-state index in [4.69, 9.17) is 18.9 Å². The molecule has 0 saturated carbocycles. The molecule has 120 valence electrons. The van der Waals surface area contributed by atoms with E-state index < -0.39 is 0 Å². The molecule has 4 rings (SSSR count). The van der Waals surface area contributed by atoms with E-state index in [1.54, 1.807) is 20.4 Å². The third kappa shape index (κ3) is 1.98. The third-order valence-electron chi connectivity index (χ3n) is 4.09. The average Bonchev–Trinajstić information content (AvgIpc) is 3.21. The van der Waals surface area contributed by atoms with Crippen LogP contribution in [0, 0.1) is 0 Å². The van der Waals surface area contributed by atoms with Gasteiger partial charge in [-0.1, -0.05) is 0 Å². The molecule has 2 aliphatic rings. The van der Waals surface area contributed by atoms with Crippen LogP contribution in [0.3, 0.4) is 0 Å². The van der Waals surface area contributed by atoms with Crippen molar-refractivity contribution in [2.75, 3.05) is 26.3 Å². The van der Waals surface area contributed by atoms with Crippen LogP contribution in [-0.4, -0.2) is 37.1 Å². The van der Waals surface area contributed by atoms with Gasteiger partial charge in [0, 0.05) is 23.5 Å². The van der Waals surface area contributed by atoms with Crippen LogP contribution < -0.4 is 24.3 Å². The number of carbonyl (C=O) groups excluding carboxylic acids is 1. The highest BCUT2D eigenvalue weighted by atomic mass is 16.7. The first-order valence-corrected chi connectivity index (χ1v) is 7.10. The lowest BCUT2D eigenvalue weighted by atomic mass is 9.86. The van der Waals surface area contributed by atoms with Gasteiger partial charge in [0.15, 0.2) is 11.5 Å². The summed E-state index contributed by atoms with van der Waals surface area (Å²) in [7, 11) is 3.12. The van der Waals surface area contributed by atoms with Crippen LogP contribution in [0.5, 0.6) is 23.0 Å². The molecule has 1 amide bonds. The van der Waals surface area contributed by atoms with E-state index in [1.165, 1.54) is 0 Å². The third-order valence-corrected chi connectivity index (χ3v) is 4.09. The van der Waals surface area contributed by atoms with Crippen molar-refractivity contribution in [2.24, 2.45) is 0 Å². The van der Waals surface area contributed by atoms with E-state index in [0.717, 1.165) is 11.1 Å². The number of hydrogen-bond donors (Lipinski definition) is 2. The fourth-order valence-electron chi connectivity index (χ4n) is 3.08. The molecule has 0 bridgehead atoms. The second-order valence-corrected chi connectivity index (χ2v) is 5.27. The number of hydrogen-bond acceptors (Lipinski definition) is 6. The zero-order chi connectivity index (χ0) is 16.0. The lowest BCUT2D eigenvalue weighted by molar-refractivity contribution is -0.116. The first-order chi connectivity index (χ1) is 11.2. The highest BCUT2D eigenvalue weighted by molar-refractivity contribution is 5.94. The molecule has 0 unspecified atom stereocenters. The van der Waals surface area contributed by atoms with E-state index in [1.807, 2.05) is 6.07 Å². The van der Waals surface area contributed by atoms with Gasteiger partial charge in [-0.05, 0) is 6.07 Å². The molecule has 3 heterocycles. The number of fused-ring (bicyclic) bond motifs is 2. The summed E-state index contributed by atoms with van der Waals surface area (Å²) in [6.07, 6.45) is 1.99. The van der Waals surface area contributed by atoms with Crippen molar-refractivity contribution in [2.45, 2.75) is 12.3 Å². The molecule has 0 aliphatic carbocycles. The summed E-state index contributed by atoms with van der Waals surface area (Å²) < 4.78 is 21.9. The maximum Gasteiger partial charge on any atom is 0.231 e. The molecule has 0 spiro atoms. The molecule has 1 aromatic carbocycles. The Hall–Kier alpha value is -2.90. The van der Waals surface area contributed by atoms with Crippen LogP contribution in [0.4, 0.5) is 5.82 Å². The topological polar surface area (TPSA) is 94.7 Å². The summed E-state index contributed by atoms with van der Waals surface area (Å²) in [5.74, 6) is 2.40. The minimum atomic E-state index is -0.212. The SMILES string of the molecule is COc1cc([C@@H]2CC(=O)Nc3[nH]ncc32)c(OC)c2c1OCO2. The van der Waals surface area contributed by atoms with E-state index in [0.29, 0.717) is 28.8 Å². The number of aromatic amines is 1. The van der Waals surface area contributed by atoms with E-state index in [2.05, 4.69) is 15.5 Å². The number of rotatable bonds is 3. The Bertz CT molecular complexity index is 786. The Morgan fingerprint density at radius 1 is 1.22 bits per heavy atom. The van der Waals surface area contributed by atoms with Gasteiger partial charge >= 0.3 is 0 Å². The van der Waals surface area contributed by atoms with Gasteiger partial charge in [0.1, 0.15) is 5.82 Å². The van der Waals surface area contributed by atoms with Crippen molar-refractivity contribution in [1.29, 1.82) is 0 Å². The second-order valence-electron chi connectivity index (χ2n) is 5.27. The molecule has 2 aliphatic heterocycles. The molecule has 0 fully saturated rings. The van der Waals surface area contributed by atoms with Gasteiger partial charge in [-0.15, -0.1) is 0 Å². The summed E-state index contributed by atoms with van der Waals surface area (Å²) >= 11 is 0. The smallest absolute Gasteiger partial charge is 0.231 e. The molecule has 1 aromatic heterocycles. The van der Waals surface area contributed by atoms with Gasteiger partial charge in [-0.3, -0.25) is 9.89 Å². The fraction of sp³-hybridized carbons (Fsp3) is 0.333. The van der Waals surface area contributed by atoms with E-state index in [-0.39, 0.29) is 25.0 Å². The largest absolute Gasteiger partial charge is 0.493 e. The summed E-state index contributed by atoms with van der Waals surface area (Å²) in [5, 5.41) is 9.59. The molecule has 2 aromatic rings. The van der Waals surface area contributed by atoms with Crippen LogP contribution >= 0.6 is 0 Å². The minimum absolute atomic E-state index is 0.0922. The molecule has 8 heteroatoms. The Kier molecular flexibility index (Phi) is 3.03. The zero-order valence-electron chi connectivity index (χ0n) is 12.6. The predicted molar refractivity (Wildman–Crippen MR) is 79.3 cm³/mol. The van der Waals surface area contributed by atoms with Gasteiger partial charge in [0.2, 0.25) is 24.2 Å². The van der Waals surface area contributed by atoms with Crippen LogP contribution in [0.1, 0.15) is 23.5 Å². The lowest BCUT2D eigenvalue weighted by Gasteiger charge is -2.24. The number of nitrogens with zero attached hydrogens (tertiary/aromatic N) is 1. The molecule has 23 heavy (non-hydrogen) atoms. The molecular weight excluding hydrogens is 302 g/mol. The molecule has 0 saturated heterocycles. The van der Waals surface area contributed by atoms with Gasteiger partial charge in [0.05, 0.1) is 20.4 Å². The molecule has 0 radical (unpaired) electrons. The van der Waals surface area contributed by atoms with Crippen molar-refractivity contribution in [1.82, 2.24) is 10.2 Å². The highest BCUT2D eigenvalue weighted by Crippen LogP contribution is 2.53. The van der Waals surface area contributed by atoms with Crippen LogP contribution in [0.2, 0.25) is 0 Å². The van der Waals surface area contributed by atoms with Crippen LogP contribution in [-0.2, 0) is 4.79 Å². The Labute approximate surface area is 131 Å². The molecule has 1 atom stereocenters. The number of anilines is 1. The number of amides is 1. The number of carbonyl (C=O) groups is 1. The average molecular weight is 317 g/mol. The van der Waals surface area contributed by atoms with Gasteiger partial charge in [-0.2, -0.15) is 5.10 Å².